The van der Waals surface area contributed by atoms with Gasteiger partial charge in [0.1, 0.15) is 4.90 Å². The Morgan fingerprint density at radius 3 is 2.74 bits per heavy atom. The van der Waals surface area contributed by atoms with Gasteiger partial charge >= 0.3 is 0 Å². The molecule has 5 nitrogen and oxygen atoms in total. The fourth-order valence-corrected chi connectivity index (χ4v) is 3.43. The number of aliphatic hydroxyl groups is 1. The molecule has 0 saturated heterocycles. The van der Waals surface area contributed by atoms with E-state index in [2.05, 4.69) is 20.7 Å². The smallest absolute Gasteiger partial charge is 0.242 e. The highest BCUT2D eigenvalue weighted by Crippen LogP contribution is 2.24. The summed E-state index contributed by atoms with van der Waals surface area (Å²) in [5.41, 5.74) is 0. The average molecular weight is 373 g/mol. The van der Waals surface area contributed by atoms with Crippen molar-refractivity contribution in [1.82, 2.24) is 4.72 Å². The van der Waals surface area contributed by atoms with Gasteiger partial charge in [-0.3, -0.25) is 0 Å². The van der Waals surface area contributed by atoms with Gasteiger partial charge in [-0.15, -0.1) is 0 Å². The summed E-state index contributed by atoms with van der Waals surface area (Å²) in [6, 6.07) is 4.59. The Balaban J connectivity index is 2.52. The zero-order valence-corrected chi connectivity index (χ0v) is 13.3. The molecule has 0 bridgehead atoms. The van der Waals surface area contributed by atoms with Crippen molar-refractivity contribution in [2.24, 2.45) is 0 Å². The van der Waals surface area contributed by atoms with Crippen molar-refractivity contribution in [3.63, 3.8) is 0 Å². The molecule has 0 radical (unpaired) electrons. The van der Waals surface area contributed by atoms with Crippen LogP contribution in [0.1, 0.15) is 6.42 Å². The molecule has 1 aromatic carbocycles. The summed E-state index contributed by atoms with van der Waals surface area (Å²) in [6.45, 7) is 0.850. The van der Waals surface area contributed by atoms with E-state index in [1.165, 1.54) is 12.1 Å². The van der Waals surface area contributed by atoms with Gasteiger partial charge in [0.25, 0.3) is 0 Å². The van der Waals surface area contributed by atoms with Crippen LogP contribution in [0.2, 0.25) is 5.02 Å². The predicted octanol–water partition coefficient (Wildman–Crippen LogP) is 1.78. The van der Waals surface area contributed by atoms with Gasteiger partial charge in [-0.1, -0.05) is 27.5 Å². The van der Waals surface area contributed by atoms with Crippen LogP contribution in [0, 0.1) is 0 Å². The molecule has 1 rings (SSSR count). The highest BCUT2D eigenvalue weighted by Gasteiger charge is 2.17. The molecular weight excluding hydrogens is 358 g/mol. The number of ether oxygens (including phenoxy) is 1. The Hall–Kier alpha value is -0.180. The zero-order valence-electron chi connectivity index (χ0n) is 10.1. The normalized spacial score (nSPS) is 11.7. The van der Waals surface area contributed by atoms with E-state index >= 15 is 0 Å². The Kier molecular flexibility index (Phi) is 7.27. The fourth-order valence-electron chi connectivity index (χ4n) is 1.32. The maximum Gasteiger partial charge on any atom is 0.242 e. The fraction of sp³-hybridized carbons (Fsp3) is 0.455. The molecule has 2 N–H and O–H groups in total. The lowest BCUT2D eigenvalue weighted by molar-refractivity contribution is 0.0913. The van der Waals surface area contributed by atoms with Gasteiger partial charge in [0.05, 0.1) is 18.2 Å². The topological polar surface area (TPSA) is 75.6 Å². The first-order valence-electron chi connectivity index (χ1n) is 5.60. The van der Waals surface area contributed by atoms with Gasteiger partial charge in [0, 0.05) is 17.6 Å². The van der Waals surface area contributed by atoms with Crippen LogP contribution in [0.15, 0.2) is 27.6 Å². The number of rotatable bonds is 8. The van der Waals surface area contributed by atoms with Crippen molar-refractivity contribution in [3.8, 4) is 0 Å². The third-order valence-electron chi connectivity index (χ3n) is 2.18. The van der Waals surface area contributed by atoms with E-state index < -0.39 is 10.0 Å². The van der Waals surface area contributed by atoms with Crippen molar-refractivity contribution in [1.29, 1.82) is 0 Å². The van der Waals surface area contributed by atoms with Crippen LogP contribution in [-0.2, 0) is 14.8 Å². The van der Waals surface area contributed by atoms with Gasteiger partial charge in [-0.2, -0.15) is 0 Å². The molecular formula is C11H15BrClNO4S. The highest BCUT2D eigenvalue weighted by atomic mass is 79.9. The number of aliphatic hydroxyl groups excluding tert-OH is 1. The second-order valence-electron chi connectivity index (χ2n) is 3.66. The molecule has 0 fully saturated rings. The number of halogens is 2. The average Bonchev–Trinajstić information content (AvgIpc) is 2.33. The van der Waals surface area contributed by atoms with Crippen LogP contribution < -0.4 is 4.72 Å². The van der Waals surface area contributed by atoms with Crippen LogP contribution in [0.5, 0.6) is 0 Å². The summed E-state index contributed by atoms with van der Waals surface area (Å²) in [6.07, 6.45) is 0.521. The lowest BCUT2D eigenvalue weighted by atomic mass is 10.4. The summed E-state index contributed by atoms with van der Waals surface area (Å²) >= 11 is 9.11. The van der Waals surface area contributed by atoms with Crippen LogP contribution in [0.25, 0.3) is 0 Å². The maximum absolute atomic E-state index is 12.0. The summed E-state index contributed by atoms with van der Waals surface area (Å²) in [7, 11) is -3.61. The predicted molar refractivity (Wildman–Crippen MR) is 76.9 cm³/mol. The van der Waals surface area contributed by atoms with E-state index in [1.807, 2.05) is 0 Å². The second kappa shape index (κ2) is 8.18. The summed E-state index contributed by atoms with van der Waals surface area (Å²) < 4.78 is 32.1. The lowest BCUT2D eigenvalue weighted by Gasteiger charge is -2.08. The Labute approximate surface area is 126 Å². The first-order chi connectivity index (χ1) is 8.97. The van der Waals surface area contributed by atoms with Crippen molar-refractivity contribution in [3.05, 3.63) is 27.7 Å². The first kappa shape index (κ1) is 16.9. The number of sulfonamides is 1. The molecule has 0 aromatic heterocycles. The standard InChI is InChI=1S/C11H15BrClNO4S/c12-9-2-3-11(10(13)8-9)19(16,17)14-4-1-6-18-7-5-15/h2-3,8,14-15H,1,4-7H2. The molecule has 0 saturated carbocycles. The van der Waals surface area contributed by atoms with Gasteiger partial charge in [-0.05, 0) is 24.6 Å². The van der Waals surface area contributed by atoms with Crippen molar-refractivity contribution in [2.75, 3.05) is 26.4 Å². The number of nitrogens with one attached hydrogen (secondary N) is 1. The molecule has 0 amide bonds. The molecule has 19 heavy (non-hydrogen) atoms. The van der Waals surface area contributed by atoms with E-state index in [4.69, 9.17) is 21.4 Å². The van der Waals surface area contributed by atoms with E-state index in [9.17, 15) is 8.42 Å². The van der Waals surface area contributed by atoms with Gasteiger partial charge < -0.3 is 9.84 Å². The van der Waals surface area contributed by atoms with Gasteiger partial charge in [0.15, 0.2) is 0 Å². The SMILES string of the molecule is O=S(=O)(NCCCOCCO)c1ccc(Br)cc1Cl. The summed E-state index contributed by atoms with van der Waals surface area (Å²) in [5.74, 6) is 0. The number of hydrogen-bond donors (Lipinski definition) is 2. The Morgan fingerprint density at radius 2 is 2.11 bits per heavy atom. The van der Waals surface area contributed by atoms with Crippen LogP contribution in [0.3, 0.4) is 0 Å². The summed E-state index contributed by atoms with van der Waals surface area (Å²) in [5, 5.41) is 8.66. The third-order valence-corrected chi connectivity index (χ3v) is 4.61. The number of benzene rings is 1. The third kappa shape index (κ3) is 5.76. The monoisotopic (exact) mass is 371 g/mol. The van der Waals surface area contributed by atoms with Crippen LogP contribution in [-0.4, -0.2) is 39.9 Å². The first-order valence-corrected chi connectivity index (χ1v) is 8.26. The minimum Gasteiger partial charge on any atom is -0.394 e. The maximum atomic E-state index is 12.0. The molecule has 0 aliphatic heterocycles. The minimum absolute atomic E-state index is 0.0414. The largest absolute Gasteiger partial charge is 0.394 e. The van der Waals surface area contributed by atoms with Gasteiger partial charge in [-0.25, -0.2) is 13.1 Å². The zero-order chi connectivity index (χ0) is 14.3. The van der Waals surface area contributed by atoms with Crippen molar-refractivity contribution >= 4 is 37.6 Å². The Morgan fingerprint density at radius 1 is 1.37 bits per heavy atom. The minimum atomic E-state index is -3.61. The van der Waals surface area contributed by atoms with Crippen molar-refractivity contribution in [2.45, 2.75) is 11.3 Å². The highest BCUT2D eigenvalue weighted by molar-refractivity contribution is 9.10. The number of hydrogen-bond acceptors (Lipinski definition) is 4. The lowest BCUT2D eigenvalue weighted by Crippen LogP contribution is -2.26. The Bertz CT molecular complexity index is 509. The molecule has 0 unspecified atom stereocenters. The quantitative estimate of drug-likeness (QED) is 0.682. The van der Waals surface area contributed by atoms with E-state index in [1.54, 1.807) is 6.07 Å². The van der Waals surface area contributed by atoms with Gasteiger partial charge in [0.2, 0.25) is 10.0 Å². The van der Waals surface area contributed by atoms with Crippen LogP contribution >= 0.6 is 27.5 Å². The second-order valence-corrected chi connectivity index (χ2v) is 6.72. The molecule has 108 valence electrons. The van der Waals surface area contributed by atoms with E-state index in [-0.39, 0.29) is 29.7 Å². The molecule has 0 aliphatic carbocycles. The van der Waals surface area contributed by atoms with E-state index in [0.717, 1.165) is 0 Å². The van der Waals surface area contributed by atoms with Crippen LogP contribution in [0.4, 0.5) is 0 Å². The molecule has 0 aliphatic rings. The molecule has 0 heterocycles. The van der Waals surface area contributed by atoms with E-state index in [0.29, 0.717) is 17.5 Å². The summed E-state index contributed by atoms with van der Waals surface area (Å²) in [4.78, 5) is 0.0497. The molecule has 0 spiro atoms. The molecule has 0 atom stereocenters. The molecule has 8 heteroatoms. The van der Waals surface area contributed by atoms with Crippen molar-refractivity contribution < 1.29 is 18.3 Å². The molecule has 1 aromatic rings.